The molecule has 1 rings (SSSR count). The van der Waals surface area contributed by atoms with E-state index in [1.807, 2.05) is 0 Å². The molecule has 0 atom stereocenters. The minimum absolute atomic E-state index is 0.119. The first-order chi connectivity index (χ1) is 7.99. The molecule has 0 aliphatic heterocycles. The van der Waals surface area contributed by atoms with E-state index in [1.165, 1.54) is 24.3 Å². The quantitative estimate of drug-likeness (QED) is 0.588. The van der Waals surface area contributed by atoms with Crippen LogP contribution in [0.4, 0.5) is 10.5 Å². The van der Waals surface area contributed by atoms with Crippen LogP contribution in [-0.2, 0) is 4.79 Å². The predicted octanol–water partition coefficient (Wildman–Crippen LogP) is -0.00840. The molecule has 7 nitrogen and oxygen atoms in total. The SMILES string of the molecule is NC(=O)CNC(=O)Nc1ccc(C(=O)O)cc1. The number of aromatic carboxylic acids is 1. The van der Waals surface area contributed by atoms with Crippen LogP contribution in [-0.4, -0.2) is 29.6 Å². The Balaban J connectivity index is 2.54. The van der Waals surface area contributed by atoms with Crippen LogP contribution in [0.1, 0.15) is 10.4 Å². The Labute approximate surface area is 96.6 Å². The van der Waals surface area contributed by atoms with Gasteiger partial charge in [-0.15, -0.1) is 0 Å². The Morgan fingerprint density at radius 3 is 2.24 bits per heavy atom. The fraction of sp³-hybridized carbons (Fsp3) is 0.100. The fourth-order valence-corrected chi connectivity index (χ4v) is 1.04. The van der Waals surface area contributed by atoms with Gasteiger partial charge >= 0.3 is 12.0 Å². The number of rotatable bonds is 4. The van der Waals surface area contributed by atoms with Gasteiger partial charge in [-0.05, 0) is 24.3 Å². The second-order valence-electron chi connectivity index (χ2n) is 3.16. The maximum atomic E-state index is 11.2. The van der Waals surface area contributed by atoms with Gasteiger partial charge < -0.3 is 21.5 Å². The Hall–Kier alpha value is -2.57. The van der Waals surface area contributed by atoms with E-state index in [4.69, 9.17) is 10.8 Å². The lowest BCUT2D eigenvalue weighted by atomic mass is 10.2. The summed E-state index contributed by atoms with van der Waals surface area (Å²) in [5, 5.41) is 13.3. The van der Waals surface area contributed by atoms with Crippen molar-refractivity contribution in [2.24, 2.45) is 5.73 Å². The van der Waals surface area contributed by atoms with Crippen LogP contribution < -0.4 is 16.4 Å². The van der Waals surface area contributed by atoms with Gasteiger partial charge in [0.15, 0.2) is 0 Å². The Morgan fingerprint density at radius 2 is 1.76 bits per heavy atom. The minimum Gasteiger partial charge on any atom is -0.478 e. The maximum absolute atomic E-state index is 11.2. The zero-order chi connectivity index (χ0) is 12.8. The van der Waals surface area contributed by atoms with Crippen LogP contribution in [0.15, 0.2) is 24.3 Å². The van der Waals surface area contributed by atoms with E-state index < -0.39 is 17.9 Å². The summed E-state index contributed by atoms with van der Waals surface area (Å²) in [7, 11) is 0. The normalized spacial score (nSPS) is 9.41. The summed E-state index contributed by atoms with van der Waals surface area (Å²) in [5.41, 5.74) is 5.37. The molecule has 0 spiro atoms. The van der Waals surface area contributed by atoms with Crippen LogP contribution in [0.2, 0.25) is 0 Å². The van der Waals surface area contributed by atoms with Crippen molar-refractivity contribution in [2.45, 2.75) is 0 Å². The topological polar surface area (TPSA) is 122 Å². The molecule has 90 valence electrons. The molecule has 5 N–H and O–H groups in total. The maximum Gasteiger partial charge on any atom is 0.335 e. The highest BCUT2D eigenvalue weighted by atomic mass is 16.4. The second-order valence-corrected chi connectivity index (χ2v) is 3.16. The van der Waals surface area contributed by atoms with E-state index in [0.29, 0.717) is 5.69 Å². The summed E-state index contributed by atoms with van der Waals surface area (Å²) in [4.78, 5) is 32.1. The van der Waals surface area contributed by atoms with E-state index in [1.54, 1.807) is 0 Å². The lowest BCUT2D eigenvalue weighted by molar-refractivity contribution is -0.117. The van der Waals surface area contributed by atoms with Crippen molar-refractivity contribution in [1.82, 2.24) is 5.32 Å². The molecule has 3 amide bonds. The van der Waals surface area contributed by atoms with Gasteiger partial charge in [0.05, 0.1) is 12.1 Å². The highest BCUT2D eigenvalue weighted by molar-refractivity contribution is 5.93. The van der Waals surface area contributed by atoms with E-state index in [9.17, 15) is 14.4 Å². The number of carboxylic acids is 1. The lowest BCUT2D eigenvalue weighted by Gasteiger charge is -2.06. The molecule has 0 fully saturated rings. The van der Waals surface area contributed by atoms with Crippen LogP contribution in [0.3, 0.4) is 0 Å². The van der Waals surface area contributed by atoms with Gasteiger partial charge in [0.1, 0.15) is 0 Å². The summed E-state index contributed by atoms with van der Waals surface area (Å²) in [6, 6.07) is 4.99. The Bertz CT molecular complexity index is 441. The summed E-state index contributed by atoms with van der Waals surface area (Å²) in [6.07, 6.45) is 0. The standard InChI is InChI=1S/C10H11N3O4/c11-8(14)5-12-10(17)13-7-3-1-6(2-4-7)9(15)16/h1-4H,5H2,(H2,11,14)(H,15,16)(H2,12,13,17). The number of hydrogen-bond donors (Lipinski definition) is 4. The summed E-state index contributed by atoms with van der Waals surface area (Å²) in [5.74, 6) is -1.70. The number of urea groups is 1. The first-order valence-corrected chi connectivity index (χ1v) is 4.65. The molecule has 0 saturated carbocycles. The van der Waals surface area contributed by atoms with Crippen molar-refractivity contribution in [3.8, 4) is 0 Å². The highest BCUT2D eigenvalue weighted by Crippen LogP contribution is 2.09. The van der Waals surface area contributed by atoms with Crippen LogP contribution in [0.5, 0.6) is 0 Å². The summed E-state index contributed by atoms with van der Waals surface area (Å²) < 4.78 is 0. The molecule has 1 aromatic rings. The van der Waals surface area contributed by atoms with Crippen molar-refractivity contribution in [1.29, 1.82) is 0 Å². The molecule has 0 heterocycles. The number of carboxylic acid groups (broad SMARTS) is 1. The van der Waals surface area contributed by atoms with E-state index in [0.717, 1.165) is 0 Å². The van der Waals surface area contributed by atoms with E-state index >= 15 is 0 Å². The number of anilines is 1. The van der Waals surface area contributed by atoms with Gasteiger partial charge in [0.25, 0.3) is 0 Å². The molecule has 17 heavy (non-hydrogen) atoms. The smallest absolute Gasteiger partial charge is 0.335 e. The van der Waals surface area contributed by atoms with Gasteiger partial charge in [0, 0.05) is 5.69 Å². The molecule has 0 aliphatic rings. The fourth-order valence-electron chi connectivity index (χ4n) is 1.04. The van der Waals surface area contributed by atoms with Gasteiger partial charge in [-0.3, -0.25) is 4.79 Å². The third kappa shape index (κ3) is 4.20. The van der Waals surface area contributed by atoms with Crippen molar-refractivity contribution < 1.29 is 19.5 Å². The molecule has 0 aliphatic carbocycles. The zero-order valence-corrected chi connectivity index (χ0v) is 8.77. The molecule has 0 bridgehead atoms. The lowest BCUT2D eigenvalue weighted by Crippen LogP contribution is -2.36. The van der Waals surface area contributed by atoms with Gasteiger partial charge in [0.2, 0.25) is 5.91 Å². The average Bonchev–Trinajstić information content (AvgIpc) is 2.27. The molecular weight excluding hydrogens is 226 g/mol. The minimum atomic E-state index is -1.05. The number of hydrogen-bond acceptors (Lipinski definition) is 3. The van der Waals surface area contributed by atoms with Crippen molar-refractivity contribution in [3.05, 3.63) is 29.8 Å². The summed E-state index contributed by atoms with van der Waals surface area (Å²) >= 11 is 0. The third-order valence-corrected chi connectivity index (χ3v) is 1.81. The van der Waals surface area contributed by atoms with Crippen molar-refractivity contribution in [3.63, 3.8) is 0 Å². The number of nitrogens with two attached hydrogens (primary N) is 1. The number of carbonyl (C=O) groups excluding carboxylic acids is 2. The zero-order valence-electron chi connectivity index (χ0n) is 8.77. The first-order valence-electron chi connectivity index (χ1n) is 4.65. The van der Waals surface area contributed by atoms with Gasteiger partial charge in [-0.25, -0.2) is 9.59 Å². The molecule has 0 saturated heterocycles. The number of nitrogens with one attached hydrogen (secondary N) is 2. The highest BCUT2D eigenvalue weighted by Gasteiger charge is 2.04. The molecule has 7 heteroatoms. The van der Waals surface area contributed by atoms with E-state index in [-0.39, 0.29) is 12.1 Å². The number of benzene rings is 1. The molecule has 1 aromatic carbocycles. The van der Waals surface area contributed by atoms with Crippen molar-refractivity contribution in [2.75, 3.05) is 11.9 Å². The Kier molecular flexibility index (Phi) is 4.04. The van der Waals surface area contributed by atoms with Crippen molar-refractivity contribution >= 4 is 23.6 Å². The molecule has 0 radical (unpaired) electrons. The molecular formula is C10H11N3O4. The van der Waals surface area contributed by atoms with E-state index in [2.05, 4.69) is 10.6 Å². The molecule has 0 aromatic heterocycles. The number of primary amides is 1. The third-order valence-electron chi connectivity index (χ3n) is 1.81. The first kappa shape index (κ1) is 12.5. The van der Waals surface area contributed by atoms with Gasteiger partial charge in [-0.2, -0.15) is 0 Å². The Morgan fingerprint density at radius 1 is 1.18 bits per heavy atom. The van der Waals surface area contributed by atoms with Crippen LogP contribution in [0.25, 0.3) is 0 Å². The largest absolute Gasteiger partial charge is 0.478 e. The van der Waals surface area contributed by atoms with Crippen LogP contribution >= 0.6 is 0 Å². The average molecular weight is 237 g/mol. The second kappa shape index (κ2) is 5.50. The van der Waals surface area contributed by atoms with Gasteiger partial charge in [-0.1, -0.05) is 0 Å². The summed E-state index contributed by atoms with van der Waals surface area (Å²) in [6.45, 7) is -0.265. The molecule has 0 unspecified atom stereocenters. The van der Waals surface area contributed by atoms with Crippen LogP contribution in [0, 0.1) is 0 Å². The monoisotopic (exact) mass is 237 g/mol. The predicted molar refractivity (Wildman–Crippen MR) is 59.6 cm³/mol. The number of amides is 3. The number of carbonyl (C=O) groups is 3.